The van der Waals surface area contributed by atoms with E-state index in [0.29, 0.717) is 6.04 Å². The molecule has 0 radical (unpaired) electrons. The summed E-state index contributed by atoms with van der Waals surface area (Å²) in [5.41, 5.74) is 5.89. The molecule has 1 atom stereocenters. The van der Waals surface area contributed by atoms with Gasteiger partial charge in [0.2, 0.25) is 0 Å². The lowest BCUT2D eigenvalue weighted by Crippen LogP contribution is -2.30. The van der Waals surface area contributed by atoms with Gasteiger partial charge in [-0.25, -0.2) is 0 Å². The van der Waals surface area contributed by atoms with E-state index in [0.717, 1.165) is 12.5 Å². The highest BCUT2D eigenvalue weighted by Gasteiger charge is 2.26. The molecule has 1 aliphatic carbocycles. The molecule has 1 nitrogen and oxygen atoms in total. The van der Waals surface area contributed by atoms with Gasteiger partial charge in [0, 0.05) is 6.04 Å². The highest BCUT2D eigenvalue weighted by Crippen LogP contribution is 2.37. The molecule has 0 spiro atoms. The van der Waals surface area contributed by atoms with Crippen molar-refractivity contribution in [2.45, 2.75) is 65.8 Å². The highest BCUT2D eigenvalue weighted by atomic mass is 14.9. The molecule has 1 unspecified atom stereocenters. The Bertz CT molecular complexity index is 393. The quantitative estimate of drug-likeness (QED) is 0.815. The van der Waals surface area contributed by atoms with E-state index < -0.39 is 0 Å². The van der Waals surface area contributed by atoms with Gasteiger partial charge in [0.15, 0.2) is 0 Å². The normalized spacial score (nSPS) is 18.5. The maximum absolute atomic E-state index is 3.77. The number of nitrogens with one attached hydrogen (secondary N) is 1. The number of hydrogen-bond donors (Lipinski definition) is 1. The molecule has 0 aliphatic heterocycles. The van der Waals surface area contributed by atoms with Gasteiger partial charge < -0.3 is 5.32 Å². The summed E-state index contributed by atoms with van der Waals surface area (Å²) in [5.74, 6) is 0.828. The third-order valence-electron chi connectivity index (χ3n) is 4.59. The van der Waals surface area contributed by atoms with Gasteiger partial charge >= 0.3 is 0 Å². The predicted molar refractivity (Wildman–Crippen MR) is 83.6 cm³/mol. The largest absolute Gasteiger partial charge is 0.310 e. The minimum Gasteiger partial charge on any atom is -0.310 e. The van der Waals surface area contributed by atoms with E-state index in [1.165, 1.54) is 48.8 Å². The first-order valence-corrected chi connectivity index (χ1v) is 7.94. The van der Waals surface area contributed by atoms with E-state index in [9.17, 15) is 0 Å². The van der Waals surface area contributed by atoms with Crippen molar-refractivity contribution >= 4 is 0 Å². The second-order valence-corrected chi connectivity index (χ2v) is 6.25. The van der Waals surface area contributed by atoms with E-state index >= 15 is 0 Å². The van der Waals surface area contributed by atoms with Crippen LogP contribution in [0.2, 0.25) is 0 Å². The molecular formula is C18H29N. The average Bonchev–Trinajstić information content (AvgIpc) is 2.37. The fourth-order valence-corrected chi connectivity index (χ4v) is 3.87. The van der Waals surface area contributed by atoms with Crippen molar-refractivity contribution in [2.24, 2.45) is 5.92 Å². The Morgan fingerprint density at radius 1 is 1.05 bits per heavy atom. The van der Waals surface area contributed by atoms with Crippen LogP contribution in [0.4, 0.5) is 0 Å². The summed E-state index contributed by atoms with van der Waals surface area (Å²) in [6.07, 6.45) is 7.04. The molecule has 0 aromatic heterocycles. The Morgan fingerprint density at radius 3 is 2.16 bits per heavy atom. The number of hydrogen-bond acceptors (Lipinski definition) is 1. The third-order valence-corrected chi connectivity index (χ3v) is 4.59. The molecule has 1 aliphatic rings. The summed E-state index contributed by atoms with van der Waals surface area (Å²) in [6, 6.07) is 5.25. The van der Waals surface area contributed by atoms with Gasteiger partial charge in [0.25, 0.3) is 0 Å². The zero-order valence-corrected chi connectivity index (χ0v) is 13.1. The van der Waals surface area contributed by atoms with Crippen molar-refractivity contribution in [1.82, 2.24) is 5.32 Å². The molecule has 0 saturated heterocycles. The highest BCUT2D eigenvalue weighted by molar-refractivity contribution is 5.40. The Balaban J connectivity index is 2.32. The zero-order chi connectivity index (χ0) is 13.8. The molecule has 0 amide bonds. The third kappa shape index (κ3) is 3.39. The van der Waals surface area contributed by atoms with Gasteiger partial charge in [-0.2, -0.15) is 0 Å². The van der Waals surface area contributed by atoms with Crippen molar-refractivity contribution < 1.29 is 0 Å². The zero-order valence-electron chi connectivity index (χ0n) is 13.1. The van der Waals surface area contributed by atoms with Crippen LogP contribution in [0, 0.1) is 26.7 Å². The first-order valence-electron chi connectivity index (χ1n) is 7.94. The summed E-state index contributed by atoms with van der Waals surface area (Å²) in [6.45, 7) is 10.1. The molecule has 0 heterocycles. The lowest BCUT2D eigenvalue weighted by molar-refractivity contribution is 0.273. The summed E-state index contributed by atoms with van der Waals surface area (Å²) in [4.78, 5) is 0. The monoisotopic (exact) mass is 259 g/mol. The van der Waals surface area contributed by atoms with Crippen LogP contribution in [-0.4, -0.2) is 6.54 Å². The second-order valence-electron chi connectivity index (χ2n) is 6.25. The average molecular weight is 259 g/mol. The van der Waals surface area contributed by atoms with Crippen LogP contribution in [0.3, 0.4) is 0 Å². The Labute approximate surface area is 118 Å². The lowest BCUT2D eigenvalue weighted by Gasteiger charge is -2.33. The Morgan fingerprint density at radius 2 is 1.63 bits per heavy atom. The van der Waals surface area contributed by atoms with Crippen molar-refractivity contribution in [2.75, 3.05) is 6.54 Å². The molecule has 1 N–H and O–H groups in total. The van der Waals surface area contributed by atoms with E-state index in [1.54, 1.807) is 5.56 Å². The Hall–Kier alpha value is -0.820. The van der Waals surface area contributed by atoms with Gasteiger partial charge in [-0.15, -0.1) is 0 Å². The topological polar surface area (TPSA) is 12.0 Å². The van der Waals surface area contributed by atoms with Crippen LogP contribution in [0.5, 0.6) is 0 Å². The first-order chi connectivity index (χ1) is 9.13. The van der Waals surface area contributed by atoms with Crippen LogP contribution in [0.15, 0.2) is 12.1 Å². The van der Waals surface area contributed by atoms with Crippen molar-refractivity contribution in [3.63, 3.8) is 0 Å². The maximum atomic E-state index is 3.77. The van der Waals surface area contributed by atoms with Crippen LogP contribution >= 0.6 is 0 Å². The first kappa shape index (κ1) is 14.6. The van der Waals surface area contributed by atoms with Crippen molar-refractivity contribution in [3.8, 4) is 0 Å². The molecule has 0 bridgehead atoms. The van der Waals surface area contributed by atoms with E-state index in [-0.39, 0.29) is 0 Å². The lowest BCUT2D eigenvalue weighted by atomic mass is 9.78. The van der Waals surface area contributed by atoms with Gasteiger partial charge in [-0.05, 0) is 62.8 Å². The van der Waals surface area contributed by atoms with Gasteiger partial charge in [-0.1, -0.05) is 43.9 Å². The number of rotatable bonds is 4. The molecule has 19 heavy (non-hydrogen) atoms. The second kappa shape index (κ2) is 6.56. The van der Waals surface area contributed by atoms with E-state index in [4.69, 9.17) is 0 Å². The molecule has 1 heteroatoms. The fraction of sp³-hybridized carbons (Fsp3) is 0.667. The molecule has 1 aromatic rings. The Kier molecular flexibility index (Phi) is 5.04. The molecule has 1 fully saturated rings. The summed E-state index contributed by atoms with van der Waals surface area (Å²) >= 11 is 0. The maximum Gasteiger partial charge on any atom is 0.0353 e. The van der Waals surface area contributed by atoms with Crippen molar-refractivity contribution in [1.29, 1.82) is 0 Å². The summed E-state index contributed by atoms with van der Waals surface area (Å²) < 4.78 is 0. The van der Waals surface area contributed by atoms with Crippen LogP contribution in [0.25, 0.3) is 0 Å². The van der Waals surface area contributed by atoms with Gasteiger partial charge in [0.1, 0.15) is 0 Å². The summed E-state index contributed by atoms with van der Waals surface area (Å²) in [7, 11) is 0. The van der Waals surface area contributed by atoms with Crippen molar-refractivity contribution in [3.05, 3.63) is 34.4 Å². The standard InChI is InChI=1S/C18H29N/c1-5-19-18(16-9-7-6-8-10-16)17-14(3)11-13(2)12-15(17)4/h11-12,16,18-19H,5-10H2,1-4H3. The minimum atomic E-state index is 0.561. The number of aryl methyl sites for hydroxylation is 3. The fourth-order valence-electron chi connectivity index (χ4n) is 3.87. The predicted octanol–water partition coefficient (Wildman–Crippen LogP) is 4.84. The van der Waals surface area contributed by atoms with E-state index in [2.05, 4.69) is 45.1 Å². The van der Waals surface area contributed by atoms with Gasteiger partial charge in [-0.3, -0.25) is 0 Å². The summed E-state index contributed by atoms with van der Waals surface area (Å²) in [5, 5.41) is 3.77. The molecular weight excluding hydrogens is 230 g/mol. The van der Waals surface area contributed by atoms with E-state index in [1.807, 2.05) is 0 Å². The van der Waals surface area contributed by atoms with Gasteiger partial charge in [0.05, 0.1) is 0 Å². The minimum absolute atomic E-state index is 0.561. The van der Waals surface area contributed by atoms with Crippen LogP contribution in [0.1, 0.15) is 67.3 Å². The molecule has 1 aromatic carbocycles. The van der Waals surface area contributed by atoms with Crippen LogP contribution in [-0.2, 0) is 0 Å². The number of benzene rings is 1. The van der Waals surface area contributed by atoms with Crippen LogP contribution < -0.4 is 5.32 Å². The smallest absolute Gasteiger partial charge is 0.0353 e. The SMILES string of the molecule is CCNC(c1c(C)cc(C)cc1C)C1CCCCC1. The molecule has 1 saturated carbocycles. The molecule has 106 valence electrons. The molecule has 2 rings (SSSR count).